The van der Waals surface area contributed by atoms with Gasteiger partial charge in [0.05, 0.1) is 0 Å². The first kappa shape index (κ1) is 24.8. The summed E-state index contributed by atoms with van der Waals surface area (Å²) < 4.78 is 44.6. The van der Waals surface area contributed by atoms with Gasteiger partial charge in [-0.15, -0.1) is 0 Å². The van der Waals surface area contributed by atoms with E-state index in [1.54, 1.807) is 24.5 Å². The van der Waals surface area contributed by atoms with Crippen molar-refractivity contribution < 1.29 is 22.4 Å². The Kier molecular flexibility index (Phi) is 7.51. The van der Waals surface area contributed by atoms with Gasteiger partial charge >= 0.3 is 183 Å². The summed E-state index contributed by atoms with van der Waals surface area (Å²) in [5, 5.41) is 4.28. The molecule has 0 bridgehead atoms. The summed E-state index contributed by atoms with van der Waals surface area (Å²) in [5.74, 6) is -1.17. The number of rotatable bonds is 7. The number of oxazole rings is 1. The van der Waals surface area contributed by atoms with Gasteiger partial charge in [-0.1, -0.05) is 0 Å². The number of alkyl halides is 3. The number of halogens is 3. The minimum absolute atomic E-state index is 0.0882. The van der Waals surface area contributed by atoms with Crippen LogP contribution in [0, 0.1) is 0 Å². The number of hydrogen-bond acceptors (Lipinski definition) is 5. The van der Waals surface area contributed by atoms with Crippen molar-refractivity contribution in [3.05, 3.63) is 66.2 Å². The van der Waals surface area contributed by atoms with Crippen molar-refractivity contribution in [1.82, 2.24) is 9.88 Å². The van der Waals surface area contributed by atoms with Gasteiger partial charge in [-0.2, -0.15) is 0 Å². The molecule has 0 saturated heterocycles. The fourth-order valence-corrected chi connectivity index (χ4v) is 8.23. The van der Waals surface area contributed by atoms with Crippen molar-refractivity contribution in [2.24, 2.45) is 5.10 Å². The van der Waals surface area contributed by atoms with E-state index in [4.69, 9.17) is 4.42 Å². The predicted molar refractivity (Wildman–Crippen MR) is 125 cm³/mol. The zero-order chi connectivity index (χ0) is 24.2. The summed E-state index contributed by atoms with van der Waals surface area (Å²) in [7, 11) is 1.17. The van der Waals surface area contributed by atoms with Gasteiger partial charge in [0.2, 0.25) is 0 Å². The van der Waals surface area contributed by atoms with E-state index < -0.39 is 30.5 Å². The summed E-state index contributed by atoms with van der Waals surface area (Å²) in [6.45, 7) is -0.0882. The topological polar surface area (TPSA) is 70.7 Å². The van der Waals surface area contributed by atoms with Crippen LogP contribution in [0.25, 0.3) is 11.3 Å². The van der Waals surface area contributed by atoms with Crippen molar-refractivity contribution in [1.29, 1.82) is 0 Å². The van der Waals surface area contributed by atoms with Gasteiger partial charge in [0, 0.05) is 0 Å². The Morgan fingerprint density at radius 3 is 2.45 bits per heavy atom. The standard InChI is InChI=1S/C20H16F3N4O2.3CH3.Sn/c1-27(19(28)20(21,22)23)12-15-4-2-14(3-5-15)10-25-26-17-8-6-16(7-9-17)18-11-24-13-29-18;;;;/h2-4,6-11,13,26H,12H2,1H3;3*1H3;. The average Bonchev–Trinajstić information content (AvgIpc) is 3.28. The van der Waals surface area contributed by atoms with Crippen LogP contribution in [0.2, 0.25) is 14.8 Å². The third kappa shape index (κ3) is 6.59. The molecule has 1 heterocycles. The number of aromatic nitrogens is 1. The van der Waals surface area contributed by atoms with Crippen LogP contribution < -0.4 is 9.01 Å². The Morgan fingerprint density at radius 2 is 1.88 bits per heavy atom. The fraction of sp³-hybridized carbons (Fsp3) is 0.261. The number of carbonyl (C=O) groups is 1. The molecule has 2 aromatic carbocycles. The number of hydrazone groups is 1. The minimum atomic E-state index is -4.88. The average molecular weight is 565 g/mol. The predicted octanol–water partition coefficient (Wildman–Crippen LogP) is 4.85. The SMILES string of the molecule is CN(Cc1ccc(C=NNc2ccc(-c3cnco3)cc2)c[c]1[Sn]([CH3])([CH3])[CH3])C(=O)C(F)(F)F. The van der Waals surface area contributed by atoms with Crippen molar-refractivity contribution in [3.63, 3.8) is 0 Å². The Balaban J connectivity index is 1.73. The molecule has 1 aromatic heterocycles. The third-order valence-electron chi connectivity index (χ3n) is 4.95. The van der Waals surface area contributed by atoms with Gasteiger partial charge < -0.3 is 0 Å². The van der Waals surface area contributed by atoms with E-state index in [2.05, 4.69) is 30.3 Å². The summed E-state index contributed by atoms with van der Waals surface area (Å²) in [4.78, 5) is 22.7. The van der Waals surface area contributed by atoms with E-state index >= 15 is 0 Å². The first-order valence-corrected chi connectivity index (χ1v) is 20.2. The molecule has 3 aromatic rings. The van der Waals surface area contributed by atoms with E-state index in [0.29, 0.717) is 10.7 Å². The zero-order valence-electron chi connectivity index (χ0n) is 18.8. The molecule has 0 radical (unpaired) electrons. The second-order valence-electron chi connectivity index (χ2n) is 8.64. The Hall–Kier alpha value is -2.82. The fourth-order valence-electron chi connectivity index (χ4n) is 3.30. The summed E-state index contributed by atoms with van der Waals surface area (Å²) in [6, 6.07) is 13.0. The van der Waals surface area contributed by atoms with Gasteiger partial charge in [0.15, 0.2) is 6.39 Å². The number of hydrogen-bond donors (Lipinski definition) is 1. The van der Waals surface area contributed by atoms with Crippen LogP contribution in [-0.2, 0) is 11.3 Å². The number of carbonyl (C=O) groups excluding carboxylic acids is 1. The first-order valence-electron chi connectivity index (χ1n) is 10.2. The summed E-state index contributed by atoms with van der Waals surface area (Å²) in [5.41, 5.74) is 6.22. The van der Waals surface area contributed by atoms with Crippen molar-refractivity contribution >= 4 is 39.8 Å². The normalized spacial score (nSPS) is 12.2. The van der Waals surface area contributed by atoms with Crippen LogP contribution in [0.4, 0.5) is 18.9 Å². The van der Waals surface area contributed by atoms with Crippen LogP contribution in [0.1, 0.15) is 11.1 Å². The van der Waals surface area contributed by atoms with Crippen molar-refractivity contribution in [3.8, 4) is 11.3 Å². The maximum atomic E-state index is 12.8. The quantitative estimate of drug-likeness (QED) is 0.253. The maximum absolute atomic E-state index is 12.8. The number of anilines is 1. The van der Waals surface area contributed by atoms with E-state index in [1.165, 1.54) is 13.4 Å². The van der Waals surface area contributed by atoms with E-state index in [1.807, 2.05) is 30.3 Å². The summed E-state index contributed by atoms with van der Waals surface area (Å²) in [6.07, 6.45) is -0.205. The second kappa shape index (κ2) is 9.98. The van der Waals surface area contributed by atoms with Gasteiger partial charge in [-0.3, -0.25) is 0 Å². The van der Waals surface area contributed by atoms with Crippen molar-refractivity contribution in [2.75, 3.05) is 12.5 Å². The van der Waals surface area contributed by atoms with Gasteiger partial charge in [0.25, 0.3) is 0 Å². The van der Waals surface area contributed by atoms with E-state index in [0.717, 1.165) is 26.0 Å². The molecule has 3 rings (SSSR count). The second-order valence-corrected chi connectivity index (χ2v) is 23.0. The van der Waals surface area contributed by atoms with Crippen LogP contribution in [0.3, 0.4) is 0 Å². The Bertz CT molecular complexity index is 1120. The molecule has 1 amide bonds. The molecule has 6 nitrogen and oxygen atoms in total. The van der Waals surface area contributed by atoms with Gasteiger partial charge in [-0.05, 0) is 0 Å². The Morgan fingerprint density at radius 1 is 1.18 bits per heavy atom. The molecule has 0 aliphatic carbocycles. The third-order valence-corrected chi connectivity index (χ3v) is 10.9. The van der Waals surface area contributed by atoms with Crippen LogP contribution in [0.15, 0.2) is 64.6 Å². The van der Waals surface area contributed by atoms with Gasteiger partial charge in [0.1, 0.15) is 0 Å². The first-order chi connectivity index (χ1) is 15.4. The van der Waals surface area contributed by atoms with Crippen LogP contribution >= 0.6 is 0 Å². The summed E-state index contributed by atoms with van der Waals surface area (Å²) >= 11 is -2.71. The molecule has 10 heteroatoms. The molecular formula is C23H25F3N4O2Sn. The van der Waals surface area contributed by atoms with E-state index in [9.17, 15) is 18.0 Å². The molecule has 0 unspecified atom stereocenters. The molecule has 174 valence electrons. The molecule has 0 aliphatic heterocycles. The molecule has 33 heavy (non-hydrogen) atoms. The monoisotopic (exact) mass is 566 g/mol. The van der Waals surface area contributed by atoms with Crippen molar-refractivity contribution in [2.45, 2.75) is 27.5 Å². The molecule has 0 fully saturated rings. The van der Waals surface area contributed by atoms with E-state index in [-0.39, 0.29) is 6.54 Å². The number of amides is 1. The van der Waals surface area contributed by atoms with Crippen LogP contribution in [0.5, 0.6) is 0 Å². The molecule has 0 spiro atoms. The van der Waals surface area contributed by atoms with Crippen LogP contribution in [-0.4, -0.2) is 53.6 Å². The molecule has 0 aliphatic rings. The molecule has 0 saturated carbocycles. The van der Waals surface area contributed by atoms with Gasteiger partial charge in [-0.25, -0.2) is 4.98 Å². The number of benzene rings is 2. The number of nitrogens with zero attached hydrogens (tertiary/aromatic N) is 3. The molecule has 0 atom stereocenters. The molecule has 1 N–H and O–H groups in total. The molecular weight excluding hydrogens is 540 g/mol. The Labute approximate surface area is 194 Å². The zero-order valence-corrected chi connectivity index (χ0v) is 21.6. The number of nitrogens with one attached hydrogen (secondary N) is 1.